The van der Waals surface area contributed by atoms with Gasteiger partial charge in [-0.15, -0.1) is 0 Å². The lowest BCUT2D eigenvalue weighted by Gasteiger charge is -2.38. The third-order valence-corrected chi connectivity index (χ3v) is 4.73. The van der Waals surface area contributed by atoms with Gasteiger partial charge in [0.05, 0.1) is 0 Å². The Kier molecular flexibility index (Phi) is 8.78. The molecule has 0 atom stereocenters. The van der Waals surface area contributed by atoms with Gasteiger partial charge in [-0.05, 0) is 73.1 Å². The lowest BCUT2D eigenvalue weighted by Crippen LogP contribution is -2.48. The van der Waals surface area contributed by atoms with Crippen LogP contribution in [0.3, 0.4) is 0 Å². The van der Waals surface area contributed by atoms with E-state index in [1.165, 1.54) is 4.90 Å². The molecule has 0 saturated heterocycles. The first-order valence-corrected chi connectivity index (χ1v) is 10.3. The molecule has 0 radical (unpaired) electrons. The molecule has 0 heterocycles. The van der Waals surface area contributed by atoms with Gasteiger partial charge in [0.15, 0.2) is 0 Å². The molecule has 0 aromatic carbocycles. The molecule has 29 heavy (non-hydrogen) atoms. The summed E-state index contributed by atoms with van der Waals surface area (Å²) >= 11 is 0. The van der Waals surface area contributed by atoms with Crippen LogP contribution < -0.4 is 0 Å². The van der Waals surface area contributed by atoms with E-state index in [4.69, 9.17) is 14.6 Å². The van der Waals surface area contributed by atoms with Crippen molar-refractivity contribution in [3.05, 3.63) is 0 Å². The summed E-state index contributed by atoms with van der Waals surface area (Å²) in [6.07, 6.45) is 2.31. The molecule has 0 bridgehead atoms. The first-order chi connectivity index (χ1) is 13.2. The van der Waals surface area contributed by atoms with Gasteiger partial charge in [-0.1, -0.05) is 0 Å². The summed E-state index contributed by atoms with van der Waals surface area (Å²) in [5.41, 5.74) is -1.20. The van der Waals surface area contributed by atoms with Gasteiger partial charge < -0.3 is 24.4 Å². The van der Waals surface area contributed by atoms with Crippen LogP contribution in [0.2, 0.25) is 0 Å². The number of aliphatic carboxylic acids is 1. The number of likely N-dealkylation sites (N-methyl/N-ethyl adjacent to an activating group) is 1. The summed E-state index contributed by atoms with van der Waals surface area (Å²) in [6, 6.07) is -0.0260. The topological polar surface area (TPSA) is 96.4 Å². The second kappa shape index (κ2) is 10.2. The van der Waals surface area contributed by atoms with Crippen LogP contribution in [0.5, 0.6) is 0 Å². The van der Waals surface area contributed by atoms with Crippen LogP contribution in [0.25, 0.3) is 0 Å². The zero-order valence-corrected chi connectivity index (χ0v) is 19.0. The number of nitrogens with zero attached hydrogens (tertiary/aromatic N) is 2. The average molecular weight is 415 g/mol. The number of carbonyl (C=O) groups excluding carboxylic acids is 2. The highest BCUT2D eigenvalue weighted by Gasteiger charge is 2.32. The van der Waals surface area contributed by atoms with Crippen molar-refractivity contribution >= 4 is 18.2 Å². The number of hydrogen-bond donors (Lipinski definition) is 1. The molecule has 0 aromatic rings. The molecule has 8 nitrogen and oxygen atoms in total. The number of amides is 2. The van der Waals surface area contributed by atoms with Gasteiger partial charge in [-0.25, -0.2) is 9.59 Å². The van der Waals surface area contributed by atoms with Crippen molar-refractivity contribution in [2.24, 2.45) is 5.92 Å². The summed E-state index contributed by atoms with van der Waals surface area (Å²) in [7, 11) is 1.64. The van der Waals surface area contributed by atoms with Crippen molar-refractivity contribution < 1.29 is 29.0 Å². The van der Waals surface area contributed by atoms with Crippen molar-refractivity contribution in [1.82, 2.24) is 9.80 Å². The summed E-state index contributed by atoms with van der Waals surface area (Å²) in [6.45, 7) is 11.5. The Balaban J connectivity index is 2.76. The predicted molar refractivity (Wildman–Crippen MR) is 110 cm³/mol. The quantitative estimate of drug-likeness (QED) is 0.702. The highest BCUT2D eigenvalue weighted by Crippen LogP contribution is 2.30. The van der Waals surface area contributed by atoms with Gasteiger partial charge in [-0.3, -0.25) is 4.79 Å². The Hall–Kier alpha value is -1.99. The van der Waals surface area contributed by atoms with E-state index in [0.717, 1.165) is 25.7 Å². The van der Waals surface area contributed by atoms with Crippen molar-refractivity contribution in [1.29, 1.82) is 0 Å². The SMILES string of the molecule is CN(CCN(C(=O)OC(C)(C)C)C1CCC(CC(=O)O)CC1)C(=O)OC(C)(C)C. The smallest absolute Gasteiger partial charge is 0.410 e. The normalized spacial score (nSPS) is 20.0. The number of carboxylic acid groups (broad SMARTS) is 1. The molecule has 0 unspecified atom stereocenters. The van der Waals surface area contributed by atoms with Gasteiger partial charge in [0.1, 0.15) is 11.2 Å². The molecule has 0 aliphatic heterocycles. The molecular formula is C21H38N2O6. The lowest BCUT2D eigenvalue weighted by molar-refractivity contribution is -0.138. The zero-order chi connectivity index (χ0) is 22.4. The summed E-state index contributed by atoms with van der Waals surface area (Å²) in [4.78, 5) is 39.1. The predicted octanol–water partition coefficient (Wildman–Crippen LogP) is 4.12. The minimum Gasteiger partial charge on any atom is -0.481 e. The van der Waals surface area contributed by atoms with Crippen LogP contribution in [0.1, 0.15) is 73.6 Å². The molecule has 0 spiro atoms. The molecule has 1 saturated carbocycles. The molecule has 0 aromatic heterocycles. The Morgan fingerprint density at radius 2 is 1.34 bits per heavy atom. The highest BCUT2D eigenvalue weighted by atomic mass is 16.6. The largest absolute Gasteiger partial charge is 0.481 e. The van der Waals surface area contributed by atoms with Gasteiger partial charge in [0, 0.05) is 32.6 Å². The molecule has 1 aliphatic rings. The van der Waals surface area contributed by atoms with Gasteiger partial charge in [0.25, 0.3) is 0 Å². The van der Waals surface area contributed by atoms with E-state index in [2.05, 4.69) is 0 Å². The maximum atomic E-state index is 12.8. The minimum absolute atomic E-state index is 0.0260. The van der Waals surface area contributed by atoms with Crippen LogP contribution in [-0.2, 0) is 14.3 Å². The van der Waals surface area contributed by atoms with Crippen molar-refractivity contribution in [3.8, 4) is 0 Å². The third kappa shape index (κ3) is 9.85. The van der Waals surface area contributed by atoms with Crippen molar-refractivity contribution in [2.45, 2.75) is 90.9 Å². The molecule has 1 N–H and O–H groups in total. The van der Waals surface area contributed by atoms with E-state index in [1.54, 1.807) is 32.7 Å². The number of carbonyl (C=O) groups is 3. The fraction of sp³-hybridized carbons (Fsp3) is 0.857. The molecular weight excluding hydrogens is 376 g/mol. The monoisotopic (exact) mass is 414 g/mol. The van der Waals surface area contributed by atoms with Crippen molar-refractivity contribution in [3.63, 3.8) is 0 Å². The molecule has 1 rings (SSSR count). The maximum Gasteiger partial charge on any atom is 0.410 e. The Labute approximate surface area is 174 Å². The standard InChI is InChI=1S/C21H38N2O6/c1-20(2,3)28-18(26)22(7)12-13-23(19(27)29-21(4,5)6)16-10-8-15(9-11-16)14-17(24)25/h15-16H,8-14H2,1-7H3,(H,24,25). The van der Waals surface area contributed by atoms with Gasteiger partial charge in [0.2, 0.25) is 0 Å². The Morgan fingerprint density at radius 3 is 1.79 bits per heavy atom. The highest BCUT2D eigenvalue weighted by molar-refractivity contribution is 5.70. The van der Waals surface area contributed by atoms with E-state index in [1.807, 2.05) is 20.8 Å². The molecule has 8 heteroatoms. The summed E-state index contributed by atoms with van der Waals surface area (Å²) < 4.78 is 10.9. The van der Waals surface area contributed by atoms with E-state index in [9.17, 15) is 14.4 Å². The number of rotatable bonds is 6. The zero-order valence-electron chi connectivity index (χ0n) is 19.0. The molecule has 2 amide bonds. The van der Waals surface area contributed by atoms with Crippen LogP contribution in [-0.4, -0.2) is 70.4 Å². The molecule has 168 valence electrons. The molecule has 1 aliphatic carbocycles. The fourth-order valence-electron chi connectivity index (χ4n) is 3.34. The second-order valence-corrected chi connectivity index (χ2v) is 9.85. The lowest BCUT2D eigenvalue weighted by atomic mass is 9.83. The number of hydrogen-bond acceptors (Lipinski definition) is 5. The number of carboxylic acids is 1. The average Bonchev–Trinajstić information content (AvgIpc) is 2.52. The van der Waals surface area contributed by atoms with Crippen molar-refractivity contribution in [2.75, 3.05) is 20.1 Å². The molecule has 1 fully saturated rings. The fourth-order valence-corrected chi connectivity index (χ4v) is 3.34. The van der Waals surface area contributed by atoms with Crippen LogP contribution in [0.15, 0.2) is 0 Å². The maximum absolute atomic E-state index is 12.8. The second-order valence-electron chi connectivity index (χ2n) is 9.85. The van der Waals surface area contributed by atoms with Crippen LogP contribution in [0, 0.1) is 5.92 Å². The van der Waals surface area contributed by atoms with E-state index in [0.29, 0.717) is 13.1 Å². The van der Waals surface area contributed by atoms with E-state index >= 15 is 0 Å². The first kappa shape index (κ1) is 25.0. The Bertz CT molecular complexity index is 571. The minimum atomic E-state index is -0.781. The van der Waals surface area contributed by atoms with E-state index < -0.39 is 29.4 Å². The number of ether oxygens (including phenoxy) is 2. The van der Waals surface area contributed by atoms with E-state index in [-0.39, 0.29) is 18.4 Å². The van der Waals surface area contributed by atoms with Gasteiger partial charge >= 0.3 is 18.2 Å². The summed E-state index contributed by atoms with van der Waals surface area (Å²) in [5.74, 6) is -0.634. The van der Waals surface area contributed by atoms with Crippen LogP contribution >= 0.6 is 0 Å². The first-order valence-electron chi connectivity index (χ1n) is 10.3. The Morgan fingerprint density at radius 1 is 0.862 bits per heavy atom. The third-order valence-electron chi connectivity index (χ3n) is 4.73. The van der Waals surface area contributed by atoms with Gasteiger partial charge in [-0.2, -0.15) is 0 Å². The summed E-state index contributed by atoms with van der Waals surface area (Å²) in [5, 5.41) is 9.00. The van der Waals surface area contributed by atoms with Crippen LogP contribution in [0.4, 0.5) is 9.59 Å².